The molecular formula is C13H9O4. The number of allylic oxidation sites excluding steroid dienone is 2. The van der Waals surface area contributed by atoms with Crippen molar-refractivity contribution in [3.63, 3.8) is 0 Å². The zero-order valence-corrected chi connectivity index (χ0v) is 8.93. The van der Waals surface area contributed by atoms with Gasteiger partial charge in [0.1, 0.15) is 5.75 Å². The zero-order valence-electron chi connectivity index (χ0n) is 8.93. The molecule has 0 saturated heterocycles. The van der Waals surface area contributed by atoms with Crippen LogP contribution in [0.5, 0.6) is 5.75 Å². The highest BCUT2D eigenvalue weighted by molar-refractivity contribution is 6.23. The van der Waals surface area contributed by atoms with Gasteiger partial charge in [-0.15, -0.1) is 0 Å². The topological polar surface area (TPSA) is 60.4 Å². The molecule has 0 aliphatic heterocycles. The Labute approximate surface area is 97.9 Å². The Morgan fingerprint density at radius 3 is 2.59 bits per heavy atom. The Morgan fingerprint density at radius 2 is 1.88 bits per heavy atom. The van der Waals surface area contributed by atoms with Crippen LogP contribution in [0.2, 0.25) is 0 Å². The number of fused-ring (bicyclic) bond motifs is 1. The standard InChI is InChI=1S/C13H9O4/c1-2-12(16)17-11-5-3-4-8-9(14)6-7-10(15)13(8)11/h3-7H,1-2H2. The van der Waals surface area contributed by atoms with Crippen molar-refractivity contribution in [2.24, 2.45) is 0 Å². The summed E-state index contributed by atoms with van der Waals surface area (Å²) in [5.74, 6) is -1.05. The lowest BCUT2D eigenvalue weighted by Crippen LogP contribution is -2.15. The molecule has 2 rings (SSSR count). The number of ketones is 2. The van der Waals surface area contributed by atoms with Crippen molar-refractivity contribution in [1.29, 1.82) is 0 Å². The average molecular weight is 229 g/mol. The first-order chi connectivity index (χ1) is 8.13. The first-order valence-corrected chi connectivity index (χ1v) is 5.03. The minimum atomic E-state index is -0.548. The number of carbonyl (C=O) groups excluding carboxylic acids is 3. The van der Waals surface area contributed by atoms with E-state index in [9.17, 15) is 14.4 Å². The lowest BCUT2D eigenvalue weighted by Gasteiger charge is -2.13. The molecule has 0 N–H and O–H groups in total. The van der Waals surface area contributed by atoms with E-state index in [1.165, 1.54) is 24.3 Å². The van der Waals surface area contributed by atoms with Gasteiger partial charge in [-0.25, -0.2) is 0 Å². The third kappa shape index (κ3) is 2.01. The van der Waals surface area contributed by atoms with E-state index in [-0.39, 0.29) is 34.9 Å². The SMILES string of the molecule is [CH2]CC(=O)Oc1cccc2c1C(=O)C=CC2=O. The van der Waals surface area contributed by atoms with Crippen molar-refractivity contribution >= 4 is 17.5 Å². The Bertz CT molecular complexity index is 540. The Kier molecular flexibility index (Phi) is 2.87. The number of carbonyl (C=O) groups is 3. The molecule has 0 bridgehead atoms. The van der Waals surface area contributed by atoms with Gasteiger partial charge in [-0.3, -0.25) is 14.4 Å². The third-order valence-corrected chi connectivity index (χ3v) is 2.35. The van der Waals surface area contributed by atoms with Crippen LogP contribution in [0.1, 0.15) is 27.1 Å². The molecule has 17 heavy (non-hydrogen) atoms. The van der Waals surface area contributed by atoms with Gasteiger partial charge in [-0.05, 0) is 25.1 Å². The monoisotopic (exact) mass is 229 g/mol. The number of esters is 1. The van der Waals surface area contributed by atoms with E-state index < -0.39 is 5.97 Å². The molecule has 0 fully saturated rings. The molecule has 1 aliphatic rings. The highest BCUT2D eigenvalue weighted by Gasteiger charge is 2.23. The van der Waals surface area contributed by atoms with Gasteiger partial charge in [0, 0.05) is 12.0 Å². The molecule has 0 saturated carbocycles. The molecule has 1 aromatic carbocycles. The summed E-state index contributed by atoms with van der Waals surface area (Å²) in [4.78, 5) is 34.4. The highest BCUT2D eigenvalue weighted by atomic mass is 16.5. The summed E-state index contributed by atoms with van der Waals surface area (Å²) in [6.07, 6.45) is 2.34. The molecule has 1 radical (unpaired) electrons. The van der Waals surface area contributed by atoms with E-state index in [2.05, 4.69) is 6.92 Å². The quantitative estimate of drug-likeness (QED) is 0.572. The smallest absolute Gasteiger partial charge is 0.311 e. The summed E-state index contributed by atoms with van der Waals surface area (Å²) >= 11 is 0. The fourth-order valence-electron chi connectivity index (χ4n) is 1.57. The second kappa shape index (κ2) is 4.33. The predicted octanol–water partition coefficient (Wildman–Crippen LogP) is 1.75. The predicted molar refractivity (Wildman–Crippen MR) is 59.9 cm³/mol. The van der Waals surface area contributed by atoms with Gasteiger partial charge in [-0.2, -0.15) is 0 Å². The van der Waals surface area contributed by atoms with Crippen LogP contribution in [0.3, 0.4) is 0 Å². The minimum absolute atomic E-state index is 0.0400. The zero-order chi connectivity index (χ0) is 12.4. The number of ether oxygens (including phenoxy) is 1. The van der Waals surface area contributed by atoms with Crippen molar-refractivity contribution < 1.29 is 19.1 Å². The van der Waals surface area contributed by atoms with Crippen molar-refractivity contribution in [3.05, 3.63) is 48.4 Å². The van der Waals surface area contributed by atoms with E-state index in [1.54, 1.807) is 6.07 Å². The van der Waals surface area contributed by atoms with E-state index >= 15 is 0 Å². The summed E-state index contributed by atoms with van der Waals surface area (Å²) in [5.41, 5.74) is 0.397. The maximum Gasteiger partial charge on any atom is 0.311 e. The molecule has 4 heteroatoms. The molecule has 0 amide bonds. The number of rotatable bonds is 2. The van der Waals surface area contributed by atoms with Crippen LogP contribution in [-0.4, -0.2) is 17.5 Å². The van der Waals surface area contributed by atoms with Gasteiger partial charge >= 0.3 is 5.97 Å². The van der Waals surface area contributed by atoms with Crippen LogP contribution >= 0.6 is 0 Å². The Morgan fingerprint density at radius 1 is 1.18 bits per heavy atom. The molecule has 0 unspecified atom stereocenters. The minimum Gasteiger partial charge on any atom is -0.426 e. The molecule has 1 aromatic rings. The maximum absolute atomic E-state index is 11.7. The maximum atomic E-state index is 11.7. The second-order valence-electron chi connectivity index (χ2n) is 3.46. The lowest BCUT2D eigenvalue weighted by molar-refractivity contribution is -0.133. The van der Waals surface area contributed by atoms with Crippen molar-refractivity contribution in [2.75, 3.05) is 0 Å². The van der Waals surface area contributed by atoms with Crippen LogP contribution in [0.4, 0.5) is 0 Å². The van der Waals surface area contributed by atoms with Crippen molar-refractivity contribution in [2.45, 2.75) is 6.42 Å². The van der Waals surface area contributed by atoms with Crippen LogP contribution in [-0.2, 0) is 4.79 Å². The van der Waals surface area contributed by atoms with Gasteiger partial charge in [0.05, 0.1) is 5.56 Å². The number of hydrogen-bond acceptors (Lipinski definition) is 4. The van der Waals surface area contributed by atoms with Crippen LogP contribution in [0, 0.1) is 6.92 Å². The van der Waals surface area contributed by atoms with E-state index in [0.717, 1.165) is 0 Å². The van der Waals surface area contributed by atoms with Crippen molar-refractivity contribution in [1.82, 2.24) is 0 Å². The number of benzene rings is 1. The van der Waals surface area contributed by atoms with E-state index in [0.29, 0.717) is 0 Å². The molecular weight excluding hydrogens is 220 g/mol. The summed E-state index contributed by atoms with van der Waals surface area (Å²) in [7, 11) is 0. The fraction of sp³-hybridized carbons (Fsp3) is 0.0769. The highest BCUT2D eigenvalue weighted by Crippen LogP contribution is 2.27. The van der Waals surface area contributed by atoms with Crippen LogP contribution in [0.25, 0.3) is 0 Å². The molecule has 1 aliphatic carbocycles. The molecule has 0 heterocycles. The molecule has 85 valence electrons. The van der Waals surface area contributed by atoms with E-state index in [1.807, 2.05) is 0 Å². The van der Waals surface area contributed by atoms with Gasteiger partial charge in [0.2, 0.25) is 0 Å². The summed E-state index contributed by atoms with van der Waals surface area (Å²) < 4.78 is 4.97. The van der Waals surface area contributed by atoms with E-state index in [4.69, 9.17) is 4.74 Å². The summed E-state index contributed by atoms with van der Waals surface area (Å²) in [6.45, 7) is 3.39. The van der Waals surface area contributed by atoms with Crippen LogP contribution < -0.4 is 4.74 Å². The molecule has 0 aromatic heterocycles. The number of hydrogen-bond donors (Lipinski definition) is 0. The summed E-state index contributed by atoms with van der Waals surface area (Å²) in [6, 6.07) is 4.58. The van der Waals surface area contributed by atoms with Gasteiger partial charge in [0.25, 0.3) is 0 Å². The third-order valence-electron chi connectivity index (χ3n) is 2.35. The molecule has 4 nitrogen and oxygen atoms in total. The largest absolute Gasteiger partial charge is 0.426 e. The second-order valence-corrected chi connectivity index (χ2v) is 3.46. The van der Waals surface area contributed by atoms with Crippen LogP contribution in [0.15, 0.2) is 30.4 Å². The van der Waals surface area contributed by atoms with Gasteiger partial charge in [0.15, 0.2) is 11.6 Å². The summed E-state index contributed by atoms with van der Waals surface area (Å²) in [5, 5.41) is 0. The first-order valence-electron chi connectivity index (χ1n) is 5.03. The lowest BCUT2D eigenvalue weighted by atomic mass is 9.94. The Hall–Kier alpha value is -2.23. The average Bonchev–Trinajstić information content (AvgIpc) is 2.34. The van der Waals surface area contributed by atoms with Gasteiger partial charge in [-0.1, -0.05) is 12.1 Å². The normalized spacial score (nSPS) is 13.5. The fourth-order valence-corrected chi connectivity index (χ4v) is 1.57. The molecule has 0 spiro atoms. The van der Waals surface area contributed by atoms with Gasteiger partial charge < -0.3 is 4.74 Å². The molecule has 0 atom stereocenters. The van der Waals surface area contributed by atoms with Crippen molar-refractivity contribution in [3.8, 4) is 5.75 Å². The first kappa shape index (κ1) is 11.3. The Balaban J connectivity index is 2.50.